The van der Waals surface area contributed by atoms with Gasteiger partial charge in [0.25, 0.3) is 0 Å². The van der Waals surface area contributed by atoms with Gasteiger partial charge in [-0.3, -0.25) is 4.18 Å². The molecule has 0 aliphatic carbocycles. The van der Waals surface area contributed by atoms with Crippen LogP contribution < -0.4 is 0 Å². The van der Waals surface area contributed by atoms with E-state index >= 15 is 0 Å². The fraction of sp³-hybridized carbons (Fsp3) is 0.565. The minimum Gasteiger partial charge on any atom is -0.340 e. The van der Waals surface area contributed by atoms with Crippen molar-refractivity contribution in [2.24, 2.45) is 0 Å². The van der Waals surface area contributed by atoms with Crippen molar-refractivity contribution in [3.63, 3.8) is 0 Å². The second-order valence-corrected chi connectivity index (χ2v) is 7.02. The molecule has 2 unspecified atom stereocenters. The average Bonchev–Trinajstić information content (AvgIpc) is 3.37. The fourth-order valence-corrected chi connectivity index (χ4v) is 2.85. The van der Waals surface area contributed by atoms with Gasteiger partial charge in [0.05, 0.1) is 0 Å². The molecule has 26 heavy (non-hydrogen) atoms. The Kier molecular flexibility index (Phi) is 14.3. The Balaban J connectivity index is 1.97. The largest absolute Gasteiger partial charge is 0.340 e. The molecule has 3 heteroatoms. The lowest BCUT2D eigenvalue weighted by atomic mass is 10.1. The van der Waals surface area contributed by atoms with Crippen molar-refractivity contribution < 1.29 is 8.92 Å². The van der Waals surface area contributed by atoms with E-state index in [1.54, 1.807) is 0 Å². The molecular weight excluding hydrogens is 340 g/mol. The maximum Gasteiger partial charge on any atom is 0.197 e. The van der Waals surface area contributed by atoms with Gasteiger partial charge in [0.2, 0.25) is 0 Å². The minimum atomic E-state index is 0.0431. The first-order chi connectivity index (χ1) is 12.8. The van der Waals surface area contributed by atoms with Gasteiger partial charge < -0.3 is 4.74 Å². The average molecular weight is 377 g/mol. The Bertz CT molecular complexity index is 488. The van der Waals surface area contributed by atoms with Gasteiger partial charge in [-0.25, -0.2) is 0 Å². The summed E-state index contributed by atoms with van der Waals surface area (Å²) in [5.74, 6) is 0. The molecular formula is C23H36O2S. The summed E-state index contributed by atoms with van der Waals surface area (Å²) in [4.78, 5) is 0. The summed E-state index contributed by atoms with van der Waals surface area (Å²) < 4.78 is 10.7. The normalized spacial score (nSPS) is 21.1. The van der Waals surface area contributed by atoms with E-state index in [0.717, 1.165) is 44.9 Å². The van der Waals surface area contributed by atoms with Crippen LogP contribution in [0.1, 0.15) is 65.2 Å². The Labute approximate surface area is 165 Å². The summed E-state index contributed by atoms with van der Waals surface area (Å²) in [6.07, 6.45) is 31.3. The molecule has 0 amide bonds. The molecule has 1 saturated heterocycles. The first kappa shape index (κ1) is 23.0. The number of hydrogen-bond donors (Lipinski definition) is 0. The molecule has 0 aromatic heterocycles. The van der Waals surface area contributed by atoms with Crippen molar-refractivity contribution in [2.45, 2.75) is 77.6 Å². The summed E-state index contributed by atoms with van der Waals surface area (Å²) in [6.45, 7) is 4.37. The number of ether oxygens (including phenoxy) is 1. The van der Waals surface area contributed by atoms with E-state index in [2.05, 4.69) is 68.5 Å². The third kappa shape index (κ3) is 13.2. The lowest BCUT2D eigenvalue weighted by Crippen LogP contribution is -1.93. The van der Waals surface area contributed by atoms with Gasteiger partial charge in [-0.1, -0.05) is 67.2 Å². The van der Waals surface area contributed by atoms with Crippen molar-refractivity contribution in [3.05, 3.63) is 60.3 Å². The Morgan fingerprint density at radius 3 is 2.42 bits per heavy atom. The highest BCUT2D eigenvalue weighted by molar-refractivity contribution is 7.93. The van der Waals surface area contributed by atoms with Crippen LogP contribution in [0.15, 0.2) is 60.3 Å². The summed E-state index contributed by atoms with van der Waals surface area (Å²) in [6, 6.07) is 0. The molecule has 1 aliphatic heterocycles. The highest BCUT2D eigenvalue weighted by Crippen LogP contribution is 2.30. The van der Waals surface area contributed by atoms with Crippen molar-refractivity contribution in [3.8, 4) is 0 Å². The second kappa shape index (κ2) is 16.2. The zero-order chi connectivity index (χ0) is 18.9. The van der Waals surface area contributed by atoms with E-state index in [9.17, 15) is 0 Å². The van der Waals surface area contributed by atoms with Crippen LogP contribution in [0.25, 0.3) is 0 Å². The molecule has 0 aromatic carbocycles. The molecule has 0 radical (unpaired) electrons. The molecule has 1 rings (SSSR count). The standard InChI is InChI=1S/C23H36O2S/c1-4-5-6-7-9-12-15-18-21(2)19-16-13-10-8-11-14-17-20-22-23(24-22)25-26-3/h5-6,8-9,11-13,16,18,22-23H,4,7,10,14-15,17,19-20H2,1-3H3. The number of rotatable bonds is 15. The summed E-state index contributed by atoms with van der Waals surface area (Å²) in [5, 5.41) is 0. The second-order valence-electron chi connectivity index (χ2n) is 6.49. The van der Waals surface area contributed by atoms with E-state index in [1.165, 1.54) is 24.0 Å². The van der Waals surface area contributed by atoms with Crippen LogP contribution in [0.5, 0.6) is 0 Å². The SMILES string of the molecule is CCC=CCC=CCC=C(C)CC=CCC=CCCCC1OC1OSC. The van der Waals surface area contributed by atoms with Gasteiger partial charge in [-0.05, 0) is 70.3 Å². The molecule has 0 spiro atoms. The third-order valence-electron chi connectivity index (χ3n) is 4.08. The van der Waals surface area contributed by atoms with Crippen LogP contribution in [-0.2, 0) is 8.92 Å². The number of hydrogen-bond acceptors (Lipinski definition) is 3. The van der Waals surface area contributed by atoms with Crippen molar-refractivity contribution >= 4 is 12.0 Å². The van der Waals surface area contributed by atoms with Crippen molar-refractivity contribution in [1.29, 1.82) is 0 Å². The molecule has 2 atom stereocenters. The molecule has 146 valence electrons. The van der Waals surface area contributed by atoms with Crippen LogP contribution >= 0.6 is 12.0 Å². The van der Waals surface area contributed by atoms with Gasteiger partial charge in [0.1, 0.15) is 6.10 Å². The molecule has 2 nitrogen and oxygen atoms in total. The smallest absolute Gasteiger partial charge is 0.197 e. The molecule has 0 bridgehead atoms. The fourth-order valence-electron chi connectivity index (χ4n) is 2.49. The highest BCUT2D eigenvalue weighted by Gasteiger charge is 2.39. The summed E-state index contributed by atoms with van der Waals surface area (Å²) in [5.41, 5.74) is 1.44. The van der Waals surface area contributed by atoms with Gasteiger partial charge >= 0.3 is 0 Å². The molecule has 1 aliphatic rings. The lowest BCUT2D eigenvalue weighted by molar-refractivity contribution is 0.208. The maximum absolute atomic E-state index is 5.41. The van der Waals surface area contributed by atoms with Gasteiger partial charge in [0, 0.05) is 6.26 Å². The van der Waals surface area contributed by atoms with E-state index in [4.69, 9.17) is 8.92 Å². The number of unbranched alkanes of at least 4 members (excludes halogenated alkanes) is 1. The van der Waals surface area contributed by atoms with E-state index in [-0.39, 0.29) is 6.29 Å². The summed E-state index contributed by atoms with van der Waals surface area (Å²) in [7, 11) is 0. The monoisotopic (exact) mass is 376 g/mol. The van der Waals surface area contributed by atoms with E-state index in [1.807, 2.05) is 6.26 Å². The lowest BCUT2D eigenvalue weighted by Gasteiger charge is -1.94. The summed E-state index contributed by atoms with van der Waals surface area (Å²) >= 11 is 1.39. The predicted molar refractivity (Wildman–Crippen MR) is 116 cm³/mol. The first-order valence-corrected chi connectivity index (χ1v) is 11.0. The quantitative estimate of drug-likeness (QED) is 0.129. The molecule has 0 N–H and O–H groups in total. The molecule has 0 saturated carbocycles. The Hall–Kier alpha value is -1.03. The maximum atomic E-state index is 5.41. The van der Waals surface area contributed by atoms with Crippen LogP contribution in [0.2, 0.25) is 0 Å². The Morgan fingerprint density at radius 2 is 1.65 bits per heavy atom. The Morgan fingerprint density at radius 1 is 0.962 bits per heavy atom. The van der Waals surface area contributed by atoms with Gasteiger partial charge in [-0.15, -0.1) is 0 Å². The zero-order valence-corrected chi connectivity index (χ0v) is 17.5. The van der Waals surface area contributed by atoms with E-state index in [0.29, 0.717) is 6.10 Å². The topological polar surface area (TPSA) is 21.8 Å². The minimum absolute atomic E-state index is 0.0431. The number of epoxide rings is 1. The van der Waals surface area contributed by atoms with E-state index < -0.39 is 0 Å². The van der Waals surface area contributed by atoms with Crippen LogP contribution in [0.3, 0.4) is 0 Å². The van der Waals surface area contributed by atoms with Crippen LogP contribution in [0, 0.1) is 0 Å². The van der Waals surface area contributed by atoms with Gasteiger partial charge in [0.15, 0.2) is 6.29 Å². The third-order valence-corrected chi connectivity index (χ3v) is 4.46. The van der Waals surface area contributed by atoms with Crippen LogP contribution in [-0.4, -0.2) is 18.6 Å². The van der Waals surface area contributed by atoms with Crippen molar-refractivity contribution in [2.75, 3.05) is 6.26 Å². The number of allylic oxidation sites excluding steroid dienone is 10. The molecule has 0 aromatic rings. The highest BCUT2D eigenvalue weighted by atomic mass is 32.2. The first-order valence-electron chi connectivity index (χ1n) is 9.88. The molecule has 1 heterocycles. The zero-order valence-electron chi connectivity index (χ0n) is 16.7. The molecule has 1 fully saturated rings. The predicted octanol–water partition coefficient (Wildman–Crippen LogP) is 7.32. The van der Waals surface area contributed by atoms with Crippen LogP contribution in [0.4, 0.5) is 0 Å². The van der Waals surface area contributed by atoms with Crippen molar-refractivity contribution in [1.82, 2.24) is 0 Å². The van der Waals surface area contributed by atoms with Gasteiger partial charge in [-0.2, -0.15) is 0 Å².